The van der Waals surface area contributed by atoms with Crippen molar-refractivity contribution in [1.82, 2.24) is 4.90 Å². The van der Waals surface area contributed by atoms with E-state index in [1.165, 1.54) is 15.0 Å². The van der Waals surface area contributed by atoms with Crippen LogP contribution in [0, 0.1) is 5.92 Å². The summed E-state index contributed by atoms with van der Waals surface area (Å²) in [5.41, 5.74) is 2.13. The Kier molecular flexibility index (Phi) is 4.05. The largest absolute Gasteiger partial charge is 0.493 e. The van der Waals surface area contributed by atoms with Crippen LogP contribution in [-0.4, -0.2) is 31.1 Å². The van der Waals surface area contributed by atoms with E-state index in [1.807, 2.05) is 11.0 Å². The molecule has 0 radical (unpaired) electrons. The number of hydrogen-bond acceptors (Lipinski definition) is 4. The van der Waals surface area contributed by atoms with Gasteiger partial charge in [-0.25, -0.2) is 0 Å². The number of methoxy groups -OCH3 is 1. The van der Waals surface area contributed by atoms with Gasteiger partial charge in [0.1, 0.15) is 6.61 Å². The first kappa shape index (κ1) is 16.6. The fraction of sp³-hybridized carbons (Fsp3) is 0.318. The van der Waals surface area contributed by atoms with E-state index in [-0.39, 0.29) is 11.8 Å². The summed E-state index contributed by atoms with van der Waals surface area (Å²) in [6.07, 6.45) is 2.04. The minimum absolute atomic E-state index is 0.222. The maximum absolute atomic E-state index is 12.6. The van der Waals surface area contributed by atoms with Crippen LogP contribution in [-0.2, 0) is 11.3 Å². The number of carbonyl (C=O) groups is 1. The van der Waals surface area contributed by atoms with Crippen LogP contribution < -0.4 is 9.47 Å². The number of thiophene rings is 1. The Balaban J connectivity index is 1.57. The lowest BCUT2D eigenvalue weighted by atomic mass is 10.1. The van der Waals surface area contributed by atoms with Gasteiger partial charge in [-0.3, -0.25) is 4.79 Å². The third-order valence-corrected chi connectivity index (χ3v) is 6.43. The topological polar surface area (TPSA) is 38.8 Å². The van der Waals surface area contributed by atoms with Crippen LogP contribution in [0.2, 0.25) is 0 Å². The number of nitrogens with zero attached hydrogens (tertiary/aromatic N) is 1. The van der Waals surface area contributed by atoms with Crippen LogP contribution in [0.1, 0.15) is 18.4 Å². The lowest BCUT2D eigenvalue weighted by molar-refractivity contribution is -0.133. The zero-order valence-corrected chi connectivity index (χ0v) is 16.1. The second kappa shape index (κ2) is 6.57. The van der Waals surface area contributed by atoms with E-state index in [0.717, 1.165) is 35.5 Å². The Morgan fingerprint density at radius 1 is 1.22 bits per heavy atom. The van der Waals surface area contributed by atoms with Gasteiger partial charge in [-0.2, -0.15) is 0 Å². The van der Waals surface area contributed by atoms with Crippen molar-refractivity contribution in [2.45, 2.75) is 19.4 Å². The number of hydrogen-bond donors (Lipinski definition) is 0. The lowest BCUT2D eigenvalue weighted by Crippen LogP contribution is -2.33. The minimum Gasteiger partial charge on any atom is -0.493 e. The molecule has 0 saturated heterocycles. The van der Waals surface area contributed by atoms with Gasteiger partial charge in [0, 0.05) is 27.6 Å². The Labute approximate surface area is 162 Å². The highest BCUT2D eigenvalue weighted by molar-refractivity contribution is 7.22. The van der Waals surface area contributed by atoms with Crippen LogP contribution >= 0.6 is 11.3 Å². The van der Waals surface area contributed by atoms with Crippen molar-refractivity contribution < 1.29 is 14.3 Å². The summed E-state index contributed by atoms with van der Waals surface area (Å²) in [6.45, 7) is 1.72. The summed E-state index contributed by atoms with van der Waals surface area (Å²) >= 11 is 1.77. The Bertz CT molecular complexity index is 989. The average Bonchev–Trinajstić information content (AvgIpc) is 3.48. The molecule has 0 atom stereocenters. The summed E-state index contributed by atoms with van der Waals surface area (Å²) in [6, 6.07) is 14.8. The molecule has 1 fully saturated rings. The first-order valence-electron chi connectivity index (χ1n) is 9.34. The molecule has 1 aromatic heterocycles. The second-order valence-electron chi connectivity index (χ2n) is 7.20. The van der Waals surface area contributed by atoms with Crippen molar-refractivity contribution in [2.24, 2.45) is 5.92 Å². The molecular formula is C22H21NO3S. The number of carbonyl (C=O) groups excluding carboxylic acids is 1. The summed E-state index contributed by atoms with van der Waals surface area (Å²) in [7, 11) is 1.67. The molecule has 2 aliphatic rings. The predicted molar refractivity (Wildman–Crippen MR) is 107 cm³/mol. The van der Waals surface area contributed by atoms with Crippen molar-refractivity contribution in [1.29, 1.82) is 0 Å². The van der Waals surface area contributed by atoms with Crippen molar-refractivity contribution in [3.63, 3.8) is 0 Å². The molecule has 0 N–H and O–H groups in total. The van der Waals surface area contributed by atoms with Gasteiger partial charge in [-0.15, -0.1) is 11.3 Å². The standard InChI is InChI=1S/C22H21NO3S/c1-25-18-11-16(20-12-15-4-2-3-5-19(15)27-20)10-17-13-23(8-9-26-21(17)18)22(24)14-6-7-14/h2-5,10-12,14H,6-9,13H2,1H3. The first-order valence-corrected chi connectivity index (χ1v) is 10.2. The van der Waals surface area contributed by atoms with Crippen molar-refractivity contribution >= 4 is 27.3 Å². The van der Waals surface area contributed by atoms with E-state index in [0.29, 0.717) is 19.7 Å². The summed E-state index contributed by atoms with van der Waals surface area (Å²) in [5, 5.41) is 1.24. The van der Waals surface area contributed by atoms with E-state index in [1.54, 1.807) is 18.4 Å². The fourth-order valence-corrected chi connectivity index (χ4v) is 4.73. The van der Waals surface area contributed by atoms with Gasteiger partial charge in [0.15, 0.2) is 11.5 Å². The quantitative estimate of drug-likeness (QED) is 0.662. The minimum atomic E-state index is 0.222. The molecule has 138 valence electrons. The molecule has 27 heavy (non-hydrogen) atoms. The maximum Gasteiger partial charge on any atom is 0.226 e. The van der Waals surface area contributed by atoms with Gasteiger partial charge in [0.25, 0.3) is 0 Å². The molecule has 4 nitrogen and oxygen atoms in total. The monoisotopic (exact) mass is 379 g/mol. The van der Waals surface area contributed by atoms with Gasteiger partial charge in [-0.1, -0.05) is 18.2 Å². The van der Waals surface area contributed by atoms with Crippen LogP contribution in [0.4, 0.5) is 0 Å². The summed E-state index contributed by atoms with van der Waals surface area (Å²) in [4.78, 5) is 15.7. The summed E-state index contributed by atoms with van der Waals surface area (Å²) < 4.78 is 12.9. The number of fused-ring (bicyclic) bond motifs is 2. The SMILES string of the molecule is COc1cc(-c2cc3ccccc3s2)cc2c1OCCN(C(=O)C1CC1)C2. The molecule has 5 rings (SSSR count). The number of rotatable bonds is 3. The Morgan fingerprint density at radius 3 is 2.85 bits per heavy atom. The van der Waals surface area contributed by atoms with E-state index in [9.17, 15) is 4.79 Å². The van der Waals surface area contributed by atoms with E-state index in [4.69, 9.17) is 9.47 Å². The summed E-state index contributed by atoms with van der Waals surface area (Å²) in [5.74, 6) is 1.99. The van der Waals surface area contributed by atoms with Crippen molar-refractivity contribution in [3.8, 4) is 21.9 Å². The molecule has 1 aliphatic heterocycles. The molecule has 1 saturated carbocycles. The maximum atomic E-state index is 12.6. The fourth-order valence-electron chi connectivity index (χ4n) is 3.68. The van der Waals surface area contributed by atoms with Gasteiger partial charge >= 0.3 is 0 Å². The molecule has 2 aromatic carbocycles. The molecule has 0 spiro atoms. The zero-order chi connectivity index (χ0) is 18.4. The highest BCUT2D eigenvalue weighted by Crippen LogP contribution is 2.42. The molecule has 1 amide bonds. The second-order valence-corrected chi connectivity index (χ2v) is 8.28. The smallest absolute Gasteiger partial charge is 0.226 e. The number of benzene rings is 2. The van der Waals surface area contributed by atoms with E-state index in [2.05, 4.69) is 36.4 Å². The third kappa shape index (κ3) is 3.06. The highest BCUT2D eigenvalue weighted by Gasteiger charge is 2.34. The van der Waals surface area contributed by atoms with Crippen LogP contribution in [0.25, 0.3) is 20.5 Å². The Hall–Kier alpha value is -2.53. The number of amides is 1. The predicted octanol–water partition coefficient (Wildman–Crippen LogP) is 4.71. The number of ether oxygens (including phenoxy) is 2. The first-order chi connectivity index (χ1) is 13.2. The van der Waals surface area contributed by atoms with Crippen molar-refractivity contribution in [2.75, 3.05) is 20.3 Å². The van der Waals surface area contributed by atoms with Gasteiger partial charge in [0.2, 0.25) is 5.91 Å². The van der Waals surface area contributed by atoms with E-state index < -0.39 is 0 Å². The molecule has 2 heterocycles. The van der Waals surface area contributed by atoms with Crippen LogP contribution in [0.15, 0.2) is 42.5 Å². The molecule has 3 aromatic rings. The molecule has 0 bridgehead atoms. The van der Waals surface area contributed by atoms with Crippen LogP contribution in [0.5, 0.6) is 11.5 Å². The zero-order valence-electron chi connectivity index (χ0n) is 15.2. The molecule has 0 unspecified atom stereocenters. The molecular weight excluding hydrogens is 358 g/mol. The van der Waals surface area contributed by atoms with Gasteiger partial charge in [0.05, 0.1) is 13.7 Å². The van der Waals surface area contributed by atoms with Gasteiger partial charge in [-0.05, 0) is 48.1 Å². The highest BCUT2D eigenvalue weighted by atomic mass is 32.1. The lowest BCUT2D eigenvalue weighted by Gasteiger charge is -2.20. The average molecular weight is 379 g/mol. The van der Waals surface area contributed by atoms with Crippen LogP contribution in [0.3, 0.4) is 0 Å². The molecule has 5 heteroatoms. The van der Waals surface area contributed by atoms with Gasteiger partial charge < -0.3 is 14.4 Å². The van der Waals surface area contributed by atoms with E-state index >= 15 is 0 Å². The third-order valence-electron chi connectivity index (χ3n) is 5.27. The van der Waals surface area contributed by atoms with Crippen molar-refractivity contribution in [3.05, 3.63) is 48.0 Å². The Morgan fingerprint density at radius 2 is 2.07 bits per heavy atom. The molecule has 1 aliphatic carbocycles. The normalized spacial score (nSPS) is 16.6.